The summed E-state index contributed by atoms with van der Waals surface area (Å²) in [5, 5.41) is 3.31. The number of thioether (sulfide) groups is 1. The van der Waals surface area contributed by atoms with Gasteiger partial charge >= 0.3 is 12.4 Å². The van der Waals surface area contributed by atoms with E-state index in [1.807, 2.05) is 0 Å². The fourth-order valence-corrected chi connectivity index (χ4v) is 2.44. The Hall–Kier alpha value is -1.64. The van der Waals surface area contributed by atoms with E-state index in [0.29, 0.717) is 28.3 Å². The van der Waals surface area contributed by atoms with Crippen molar-refractivity contribution in [1.29, 1.82) is 0 Å². The van der Waals surface area contributed by atoms with Crippen LogP contribution in [0.25, 0.3) is 11.3 Å². The Balaban J connectivity index is 2.27. The summed E-state index contributed by atoms with van der Waals surface area (Å²) in [5.41, 5.74) is 0.772. The van der Waals surface area contributed by atoms with E-state index >= 15 is 0 Å². The highest BCUT2D eigenvalue weighted by atomic mass is 32.2. The number of benzene rings is 1. The van der Waals surface area contributed by atoms with Gasteiger partial charge in [0, 0.05) is 16.5 Å². The molecule has 0 aliphatic carbocycles. The highest BCUT2D eigenvalue weighted by Gasteiger charge is 2.36. The maximum Gasteiger partial charge on any atom is 0.452 e. The molecule has 0 bridgehead atoms. The zero-order chi connectivity index (χ0) is 16.5. The van der Waals surface area contributed by atoms with Crippen LogP contribution in [0, 0.1) is 6.92 Å². The number of nitrogens with zero attached hydrogens (tertiary/aromatic N) is 1. The molecule has 2 nitrogen and oxygen atoms in total. The first kappa shape index (κ1) is 16.7. The number of halogens is 6. The summed E-state index contributed by atoms with van der Waals surface area (Å²) in [7, 11) is 0. The molecule has 2 rings (SSSR count). The van der Waals surface area contributed by atoms with E-state index in [0.717, 1.165) is 0 Å². The number of alkyl halides is 6. The first-order chi connectivity index (χ1) is 10.1. The van der Waals surface area contributed by atoms with Gasteiger partial charge in [0.25, 0.3) is 0 Å². The summed E-state index contributed by atoms with van der Waals surface area (Å²) in [6.45, 7) is 1.62. The summed E-state index contributed by atoms with van der Waals surface area (Å²) in [6.07, 6.45) is -8.99. The van der Waals surface area contributed by atoms with E-state index in [-0.39, 0.29) is 11.3 Å². The Morgan fingerprint density at radius 3 is 2.32 bits per heavy atom. The number of aryl methyl sites for hydroxylation is 1. The maximum absolute atomic E-state index is 12.4. The van der Waals surface area contributed by atoms with Crippen LogP contribution in [0.1, 0.15) is 11.3 Å². The van der Waals surface area contributed by atoms with E-state index in [2.05, 4.69) is 9.68 Å². The molecule has 0 atom stereocenters. The van der Waals surface area contributed by atoms with Gasteiger partial charge < -0.3 is 4.52 Å². The molecule has 1 aromatic carbocycles. The largest absolute Gasteiger partial charge is 0.452 e. The quantitative estimate of drug-likeness (QED) is 0.558. The number of rotatable bonds is 3. The van der Waals surface area contributed by atoms with Crippen molar-refractivity contribution in [2.75, 3.05) is 5.75 Å². The van der Waals surface area contributed by atoms with Crippen molar-refractivity contribution in [1.82, 2.24) is 5.16 Å². The maximum atomic E-state index is 12.4. The normalized spacial score (nSPS) is 12.7. The molecule has 0 aliphatic heterocycles. The van der Waals surface area contributed by atoms with Crippen LogP contribution in [-0.4, -0.2) is 17.1 Å². The predicted octanol–water partition coefficient (Wildman–Crippen LogP) is 5.32. The van der Waals surface area contributed by atoms with E-state index in [4.69, 9.17) is 0 Å². The first-order valence-corrected chi connectivity index (χ1v) is 6.89. The van der Waals surface area contributed by atoms with Gasteiger partial charge in [-0.15, -0.1) is 11.8 Å². The third-order valence-corrected chi connectivity index (χ3v) is 3.89. The van der Waals surface area contributed by atoms with Crippen molar-refractivity contribution in [3.05, 3.63) is 35.6 Å². The summed E-state index contributed by atoms with van der Waals surface area (Å²) in [4.78, 5) is 0.325. The fraction of sp³-hybridized carbons (Fsp3) is 0.308. The molecule has 0 radical (unpaired) electrons. The lowest BCUT2D eigenvalue weighted by atomic mass is 10.1. The molecule has 1 heterocycles. The van der Waals surface area contributed by atoms with Crippen LogP contribution in [-0.2, 0) is 6.18 Å². The summed E-state index contributed by atoms with van der Waals surface area (Å²) in [5.74, 6) is -2.34. The van der Waals surface area contributed by atoms with E-state index in [1.165, 1.54) is 18.2 Å². The van der Waals surface area contributed by atoms with Crippen molar-refractivity contribution in [3.8, 4) is 11.3 Å². The summed E-state index contributed by atoms with van der Waals surface area (Å²) in [6, 6.07) is 5.08. The fourth-order valence-electron chi connectivity index (χ4n) is 1.62. The lowest BCUT2D eigenvalue weighted by molar-refractivity contribution is -0.155. The Morgan fingerprint density at radius 1 is 1.09 bits per heavy atom. The molecular weight excluding hydrogens is 332 g/mol. The molecular formula is C13H9F6NOS. The molecule has 0 spiro atoms. The third-order valence-electron chi connectivity index (χ3n) is 2.66. The van der Waals surface area contributed by atoms with Crippen molar-refractivity contribution >= 4 is 11.8 Å². The van der Waals surface area contributed by atoms with E-state index in [9.17, 15) is 26.3 Å². The molecule has 0 N–H and O–H groups in total. The molecule has 1 aromatic heterocycles. The highest BCUT2D eigenvalue weighted by Crippen LogP contribution is 2.35. The number of hydrogen-bond acceptors (Lipinski definition) is 3. The molecule has 0 saturated carbocycles. The monoisotopic (exact) mass is 341 g/mol. The number of aromatic nitrogens is 1. The van der Waals surface area contributed by atoms with Crippen LogP contribution >= 0.6 is 11.8 Å². The minimum atomic E-state index is -4.66. The average Bonchev–Trinajstić information content (AvgIpc) is 2.86. The minimum absolute atomic E-state index is 0.0822. The molecule has 0 amide bonds. The Morgan fingerprint density at radius 2 is 1.77 bits per heavy atom. The van der Waals surface area contributed by atoms with Crippen LogP contribution in [0.4, 0.5) is 26.3 Å². The van der Waals surface area contributed by atoms with Crippen molar-refractivity contribution in [3.63, 3.8) is 0 Å². The van der Waals surface area contributed by atoms with Crippen LogP contribution in [0.15, 0.2) is 33.7 Å². The lowest BCUT2D eigenvalue weighted by Crippen LogP contribution is -2.10. The van der Waals surface area contributed by atoms with Gasteiger partial charge in [-0.25, -0.2) is 0 Å². The van der Waals surface area contributed by atoms with Gasteiger partial charge in [0.1, 0.15) is 5.69 Å². The zero-order valence-electron chi connectivity index (χ0n) is 11.0. The average molecular weight is 341 g/mol. The van der Waals surface area contributed by atoms with Crippen LogP contribution in [0.2, 0.25) is 0 Å². The standard InChI is InChI=1S/C13H9F6NOS/c1-7-2-3-8(4-10(7)22-6-12(14,15)16)9-5-11(21-20-9)13(17,18)19/h2-5H,6H2,1H3. The van der Waals surface area contributed by atoms with Gasteiger partial charge in [-0.1, -0.05) is 17.3 Å². The van der Waals surface area contributed by atoms with Gasteiger partial charge in [0.2, 0.25) is 5.76 Å². The minimum Gasteiger partial charge on any atom is -0.351 e. The van der Waals surface area contributed by atoms with Gasteiger partial charge in [0.15, 0.2) is 0 Å². The highest BCUT2D eigenvalue weighted by molar-refractivity contribution is 7.99. The van der Waals surface area contributed by atoms with Crippen LogP contribution in [0.5, 0.6) is 0 Å². The first-order valence-electron chi connectivity index (χ1n) is 5.91. The summed E-state index contributed by atoms with van der Waals surface area (Å²) >= 11 is 0.570. The number of hydrogen-bond donors (Lipinski definition) is 0. The van der Waals surface area contributed by atoms with Gasteiger partial charge in [-0.05, 0) is 18.6 Å². The van der Waals surface area contributed by atoms with Gasteiger partial charge in [-0.3, -0.25) is 0 Å². The lowest BCUT2D eigenvalue weighted by Gasteiger charge is -2.09. The third kappa shape index (κ3) is 4.19. The second kappa shape index (κ2) is 5.86. The van der Waals surface area contributed by atoms with E-state index in [1.54, 1.807) is 6.92 Å². The zero-order valence-corrected chi connectivity index (χ0v) is 11.9. The Labute approximate surface area is 125 Å². The topological polar surface area (TPSA) is 26.0 Å². The molecule has 22 heavy (non-hydrogen) atoms. The molecule has 2 aromatic rings. The van der Waals surface area contributed by atoms with Crippen LogP contribution in [0.3, 0.4) is 0 Å². The van der Waals surface area contributed by atoms with Crippen molar-refractivity contribution in [2.24, 2.45) is 0 Å². The molecule has 0 aliphatic rings. The molecule has 9 heteroatoms. The van der Waals surface area contributed by atoms with Gasteiger partial charge in [-0.2, -0.15) is 26.3 Å². The van der Waals surface area contributed by atoms with Gasteiger partial charge in [0.05, 0.1) is 5.75 Å². The Kier molecular flexibility index (Phi) is 4.46. The smallest absolute Gasteiger partial charge is 0.351 e. The van der Waals surface area contributed by atoms with E-state index < -0.39 is 23.9 Å². The SMILES string of the molecule is Cc1ccc(-c2cc(C(F)(F)F)on2)cc1SCC(F)(F)F. The molecule has 0 saturated heterocycles. The second-order valence-electron chi connectivity index (χ2n) is 4.46. The summed E-state index contributed by atoms with van der Waals surface area (Å²) < 4.78 is 78.3. The van der Waals surface area contributed by atoms with Crippen molar-refractivity contribution < 1.29 is 30.9 Å². The van der Waals surface area contributed by atoms with Crippen LogP contribution < -0.4 is 0 Å². The van der Waals surface area contributed by atoms with Crippen molar-refractivity contribution in [2.45, 2.75) is 24.2 Å². The molecule has 0 unspecified atom stereocenters. The molecule has 0 fully saturated rings. The predicted molar refractivity (Wildman–Crippen MR) is 68.5 cm³/mol. The second-order valence-corrected chi connectivity index (χ2v) is 5.48. The molecule has 120 valence electrons. The Bertz CT molecular complexity index is 661.